The van der Waals surface area contributed by atoms with Gasteiger partial charge in [-0.05, 0) is 61.4 Å². The van der Waals surface area contributed by atoms with Gasteiger partial charge in [0.25, 0.3) is 0 Å². The lowest BCUT2D eigenvalue weighted by Gasteiger charge is -2.25. The monoisotopic (exact) mass is 584 g/mol. The Bertz CT molecular complexity index is 1860. The van der Waals surface area contributed by atoms with Crippen LogP contribution in [-0.2, 0) is 6.61 Å². The first-order valence-electron chi connectivity index (χ1n) is 14.1. The van der Waals surface area contributed by atoms with E-state index in [4.69, 9.17) is 4.74 Å². The van der Waals surface area contributed by atoms with Crippen LogP contribution in [0.15, 0.2) is 78.9 Å². The Morgan fingerprint density at radius 1 is 0.837 bits per heavy atom. The molecule has 0 spiro atoms. The van der Waals surface area contributed by atoms with Crippen LogP contribution in [0.3, 0.4) is 0 Å². The van der Waals surface area contributed by atoms with Gasteiger partial charge in [0.2, 0.25) is 0 Å². The Morgan fingerprint density at radius 3 is 2.35 bits per heavy atom. The zero-order valence-electron chi connectivity index (χ0n) is 23.0. The topological polar surface area (TPSA) is 81.4 Å². The number of carboxylic acid groups (broad SMARTS) is 1. The van der Waals surface area contributed by atoms with E-state index in [0.29, 0.717) is 16.9 Å². The molecule has 0 amide bonds. The second-order valence-electron chi connectivity index (χ2n) is 10.7. The number of carbonyl (C=O) groups is 2. The molecule has 0 unspecified atom stereocenters. The van der Waals surface area contributed by atoms with Crippen molar-refractivity contribution in [2.24, 2.45) is 0 Å². The first kappa shape index (κ1) is 28.2. The highest BCUT2D eigenvalue weighted by atomic mass is 19.2. The average Bonchev–Trinajstić information content (AvgIpc) is 3.40. The quantitative estimate of drug-likeness (QED) is 0.186. The Balaban J connectivity index is 1.29. The molecule has 6 rings (SSSR count). The number of hydrogen-bond donors (Lipinski definition) is 1. The van der Waals surface area contributed by atoms with Gasteiger partial charge in [0.15, 0.2) is 17.4 Å². The van der Waals surface area contributed by atoms with E-state index >= 15 is 4.39 Å². The van der Waals surface area contributed by atoms with Crippen molar-refractivity contribution in [1.82, 2.24) is 9.55 Å². The lowest BCUT2D eigenvalue weighted by Crippen LogP contribution is -2.14. The van der Waals surface area contributed by atoms with Crippen molar-refractivity contribution < 1.29 is 32.6 Å². The van der Waals surface area contributed by atoms with Crippen LogP contribution in [0.4, 0.5) is 13.2 Å². The van der Waals surface area contributed by atoms with Gasteiger partial charge in [0, 0.05) is 28.8 Å². The number of imidazole rings is 1. The summed E-state index contributed by atoms with van der Waals surface area (Å²) < 4.78 is 50.7. The predicted octanol–water partition coefficient (Wildman–Crippen LogP) is 8.13. The van der Waals surface area contributed by atoms with Gasteiger partial charge in [-0.3, -0.25) is 4.79 Å². The SMILES string of the molecule is O=C(O)c1ccc2c(c1)nc(-c1ccc(OCc3ccccc3C(=O)c3ccc(F)c(F)c3)cc1F)n2C1CCCCC1. The van der Waals surface area contributed by atoms with E-state index in [1.54, 1.807) is 42.5 Å². The number of rotatable bonds is 8. The predicted molar refractivity (Wildman–Crippen MR) is 155 cm³/mol. The molecule has 4 aromatic carbocycles. The number of benzene rings is 4. The van der Waals surface area contributed by atoms with Gasteiger partial charge in [-0.1, -0.05) is 43.5 Å². The molecule has 1 aliphatic carbocycles. The van der Waals surface area contributed by atoms with Crippen LogP contribution in [0, 0.1) is 17.5 Å². The van der Waals surface area contributed by atoms with Gasteiger partial charge < -0.3 is 14.4 Å². The minimum Gasteiger partial charge on any atom is -0.489 e. The van der Waals surface area contributed by atoms with Gasteiger partial charge >= 0.3 is 5.97 Å². The van der Waals surface area contributed by atoms with Gasteiger partial charge in [-0.2, -0.15) is 0 Å². The number of ether oxygens (including phenoxy) is 1. The third-order valence-corrected chi connectivity index (χ3v) is 7.90. The van der Waals surface area contributed by atoms with Crippen molar-refractivity contribution >= 4 is 22.8 Å². The molecule has 1 saturated carbocycles. The molecule has 0 atom stereocenters. The summed E-state index contributed by atoms with van der Waals surface area (Å²) in [5.74, 6) is -3.62. The number of nitrogens with zero attached hydrogens (tertiary/aromatic N) is 2. The third-order valence-electron chi connectivity index (χ3n) is 7.90. The molecule has 0 bridgehead atoms. The standard InChI is InChI=1S/C34H27F3N2O4/c35-27-14-10-20(16-29(27)37)32(40)25-9-5-4-6-22(25)19-43-24-12-13-26(28(36)18-24)33-38-30-17-21(34(41)42)11-15-31(30)39(33)23-7-2-1-3-8-23/h4-6,9-18,23H,1-3,7-8,19H2,(H,41,42). The Labute approximate surface area is 245 Å². The summed E-state index contributed by atoms with van der Waals surface area (Å²) >= 11 is 0. The number of fused-ring (bicyclic) bond motifs is 1. The Morgan fingerprint density at radius 2 is 1.60 bits per heavy atom. The number of halogens is 3. The van der Waals surface area contributed by atoms with Crippen molar-refractivity contribution in [2.75, 3.05) is 0 Å². The summed E-state index contributed by atoms with van der Waals surface area (Å²) in [7, 11) is 0. The van der Waals surface area contributed by atoms with E-state index < -0.39 is 29.2 Å². The lowest BCUT2D eigenvalue weighted by molar-refractivity contribution is 0.0696. The Hall–Kier alpha value is -4.92. The summed E-state index contributed by atoms with van der Waals surface area (Å²) in [6.07, 6.45) is 5.07. The number of hydrogen-bond acceptors (Lipinski definition) is 4. The summed E-state index contributed by atoms with van der Waals surface area (Å²) in [4.78, 5) is 29.3. The zero-order chi connectivity index (χ0) is 30.1. The van der Waals surface area contributed by atoms with Crippen LogP contribution < -0.4 is 4.74 Å². The van der Waals surface area contributed by atoms with E-state index in [-0.39, 0.29) is 40.7 Å². The molecule has 0 saturated heterocycles. The maximum absolute atomic E-state index is 15.7. The summed E-state index contributed by atoms with van der Waals surface area (Å²) in [6.45, 7) is -0.0665. The van der Waals surface area contributed by atoms with Crippen molar-refractivity contribution in [1.29, 1.82) is 0 Å². The molecular weight excluding hydrogens is 557 g/mol. The fourth-order valence-corrected chi connectivity index (χ4v) is 5.72. The van der Waals surface area contributed by atoms with Gasteiger partial charge in [0.1, 0.15) is 24.0 Å². The number of aromatic carboxylic acids is 1. The van der Waals surface area contributed by atoms with Crippen LogP contribution in [0.1, 0.15) is 70.0 Å². The number of carboxylic acids is 1. The van der Waals surface area contributed by atoms with Crippen molar-refractivity contribution in [2.45, 2.75) is 44.8 Å². The average molecular weight is 585 g/mol. The molecule has 1 aromatic heterocycles. The summed E-state index contributed by atoms with van der Waals surface area (Å²) in [5.41, 5.74) is 2.37. The molecule has 218 valence electrons. The molecule has 0 aliphatic heterocycles. The lowest BCUT2D eigenvalue weighted by atomic mass is 9.94. The third kappa shape index (κ3) is 5.62. The Kier molecular flexibility index (Phi) is 7.71. The minimum absolute atomic E-state index is 0.00178. The normalized spacial score (nSPS) is 13.7. The second kappa shape index (κ2) is 11.8. The fraction of sp³-hybridized carbons (Fsp3) is 0.206. The highest BCUT2D eigenvalue weighted by Crippen LogP contribution is 2.37. The molecule has 1 aliphatic rings. The van der Waals surface area contributed by atoms with Gasteiger partial charge in [0.05, 0.1) is 22.2 Å². The molecule has 1 N–H and O–H groups in total. The molecule has 1 fully saturated rings. The molecule has 6 nitrogen and oxygen atoms in total. The van der Waals surface area contributed by atoms with E-state index in [2.05, 4.69) is 4.98 Å². The number of carbonyl (C=O) groups excluding carboxylic acids is 1. The zero-order valence-corrected chi connectivity index (χ0v) is 23.0. The smallest absolute Gasteiger partial charge is 0.335 e. The van der Waals surface area contributed by atoms with E-state index in [0.717, 1.165) is 49.8 Å². The number of ketones is 1. The minimum atomic E-state index is -1.12. The van der Waals surface area contributed by atoms with Crippen LogP contribution in [-0.4, -0.2) is 26.4 Å². The molecular formula is C34H27F3N2O4. The first-order chi connectivity index (χ1) is 20.8. The van der Waals surface area contributed by atoms with E-state index in [1.165, 1.54) is 24.3 Å². The highest BCUT2D eigenvalue weighted by molar-refractivity contribution is 6.09. The van der Waals surface area contributed by atoms with E-state index in [1.807, 2.05) is 4.57 Å². The van der Waals surface area contributed by atoms with Crippen LogP contribution >= 0.6 is 0 Å². The van der Waals surface area contributed by atoms with Gasteiger partial charge in [-0.25, -0.2) is 22.9 Å². The summed E-state index contributed by atoms with van der Waals surface area (Å²) in [5, 5.41) is 9.46. The molecule has 1 heterocycles. The highest BCUT2D eigenvalue weighted by Gasteiger charge is 2.25. The number of aromatic nitrogens is 2. The van der Waals surface area contributed by atoms with Crippen molar-refractivity contribution in [3.05, 3.63) is 119 Å². The first-order valence-corrected chi connectivity index (χ1v) is 14.1. The molecule has 5 aromatic rings. The van der Waals surface area contributed by atoms with Crippen molar-refractivity contribution in [3.8, 4) is 17.1 Å². The molecule has 9 heteroatoms. The largest absolute Gasteiger partial charge is 0.489 e. The second-order valence-corrected chi connectivity index (χ2v) is 10.7. The van der Waals surface area contributed by atoms with Crippen LogP contribution in [0.25, 0.3) is 22.4 Å². The molecule has 43 heavy (non-hydrogen) atoms. The van der Waals surface area contributed by atoms with Crippen LogP contribution in [0.2, 0.25) is 0 Å². The fourth-order valence-electron chi connectivity index (χ4n) is 5.72. The van der Waals surface area contributed by atoms with Gasteiger partial charge in [-0.15, -0.1) is 0 Å². The van der Waals surface area contributed by atoms with Crippen LogP contribution in [0.5, 0.6) is 5.75 Å². The van der Waals surface area contributed by atoms with E-state index in [9.17, 15) is 23.5 Å². The maximum Gasteiger partial charge on any atom is 0.335 e. The van der Waals surface area contributed by atoms with Crippen molar-refractivity contribution in [3.63, 3.8) is 0 Å². The summed E-state index contributed by atoms with van der Waals surface area (Å²) in [6, 6.07) is 18.9. The maximum atomic E-state index is 15.7. The molecule has 0 radical (unpaired) electrons.